The Balaban J connectivity index is 1.79. The number of rotatable bonds is 2. The second kappa shape index (κ2) is 6.68. The van der Waals surface area contributed by atoms with Gasteiger partial charge in [0.1, 0.15) is 29.6 Å². The molecule has 1 aliphatic heterocycles. The molecule has 4 rings (SSSR count). The maximum atomic E-state index is 9.99. The maximum absolute atomic E-state index is 9.99. The molecule has 3 aromatic rings. The smallest absolute Gasteiger partial charge is 0.167 e. The van der Waals surface area contributed by atoms with Crippen molar-refractivity contribution in [2.45, 2.75) is 24.9 Å². The lowest BCUT2D eigenvalue weighted by molar-refractivity contribution is -0.0470. The Morgan fingerprint density at radius 2 is 2.15 bits per heavy atom. The number of anilines is 1. The summed E-state index contributed by atoms with van der Waals surface area (Å²) in [5.41, 5.74) is 7.45. The maximum Gasteiger partial charge on any atom is 0.167 e. The van der Waals surface area contributed by atoms with Crippen molar-refractivity contribution in [3.05, 3.63) is 42.1 Å². The minimum Gasteiger partial charge on any atom is -0.394 e. The van der Waals surface area contributed by atoms with Crippen LogP contribution in [0, 0.1) is 11.8 Å². The Morgan fingerprint density at radius 3 is 2.88 bits per heavy atom. The zero-order valence-corrected chi connectivity index (χ0v) is 13.6. The van der Waals surface area contributed by atoms with Crippen molar-refractivity contribution in [1.82, 2.24) is 24.7 Å². The molecule has 0 radical (unpaired) electrons. The van der Waals surface area contributed by atoms with Crippen LogP contribution in [0.5, 0.6) is 0 Å². The van der Waals surface area contributed by atoms with Crippen molar-refractivity contribution in [2.24, 2.45) is 0 Å². The van der Waals surface area contributed by atoms with Gasteiger partial charge < -0.3 is 20.7 Å². The minimum absolute atomic E-state index is 0.254. The Labute approximate surface area is 148 Å². The normalized spacial score (nSPS) is 22.3. The van der Waals surface area contributed by atoms with E-state index in [1.165, 1.54) is 11.0 Å². The van der Waals surface area contributed by atoms with E-state index in [0.717, 1.165) is 0 Å². The Hall–Kier alpha value is -3.06. The van der Waals surface area contributed by atoms with E-state index in [1.807, 2.05) is 6.07 Å². The number of hydrogen-bond acceptors (Lipinski definition) is 8. The van der Waals surface area contributed by atoms with E-state index in [4.69, 9.17) is 10.5 Å². The first-order valence-corrected chi connectivity index (χ1v) is 8.03. The van der Waals surface area contributed by atoms with Crippen LogP contribution in [-0.4, -0.2) is 53.8 Å². The van der Waals surface area contributed by atoms with Gasteiger partial charge in [0.2, 0.25) is 0 Å². The molecule has 26 heavy (non-hydrogen) atoms. The summed E-state index contributed by atoms with van der Waals surface area (Å²) in [6.07, 6.45) is 1.23. The predicted octanol–water partition coefficient (Wildman–Crippen LogP) is -0.156. The molecule has 0 saturated carbocycles. The third kappa shape index (κ3) is 2.86. The number of fused-ring (bicyclic) bond motifs is 1. The Morgan fingerprint density at radius 1 is 1.27 bits per heavy atom. The van der Waals surface area contributed by atoms with Crippen LogP contribution in [0.15, 0.2) is 30.7 Å². The molecule has 0 aliphatic carbocycles. The standard InChI is InChI=1S/C17H16N6O3/c18-16-15-11(5-4-10-3-1-2-6-19-10)22-23(17(15)21-9-20-16)14-7-12(25)13(8-24)26-14/h1-3,6,9,12-14,24-25H,7-8H2,(H2,18,20,21)/t12-,13+,14+/m0/s1. The highest BCUT2D eigenvalue weighted by Crippen LogP contribution is 2.32. The van der Waals surface area contributed by atoms with Gasteiger partial charge in [0.05, 0.1) is 18.1 Å². The summed E-state index contributed by atoms with van der Waals surface area (Å²) in [4.78, 5) is 12.4. The number of pyridine rings is 1. The molecule has 0 spiro atoms. The monoisotopic (exact) mass is 352 g/mol. The van der Waals surface area contributed by atoms with Gasteiger partial charge in [-0.2, -0.15) is 5.10 Å². The SMILES string of the molecule is Nc1ncnc2c1c(C#Cc1ccccn1)nn2[C@H]1C[C@H](O)[C@@H](CO)O1. The Bertz CT molecular complexity index is 994. The second-order valence-corrected chi connectivity index (χ2v) is 5.83. The number of aromatic nitrogens is 5. The third-order valence-corrected chi connectivity index (χ3v) is 4.15. The van der Waals surface area contributed by atoms with E-state index in [-0.39, 0.29) is 18.8 Å². The zero-order valence-electron chi connectivity index (χ0n) is 13.6. The fraction of sp³-hybridized carbons (Fsp3) is 0.294. The fourth-order valence-corrected chi connectivity index (χ4v) is 2.87. The highest BCUT2D eigenvalue weighted by atomic mass is 16.5. The molecule has 132 valence electrons. The topological polar surface area (TPSA) is 132 Å². The van der Waals surface area contributed by atoms with Gasteiger partial charge in [0, 0.05) is 12.6 Å². The van der Waals surface area contributed by atoms with Crippen molar-refractivity contribution < 1.29 is 14.9 Å². The van der Waals surface area contributed by atoms with Crippen LogP contribution in [0.3, 0.4) is 0 Å². The average Bonchev–Trinajstić information content (AvgIpc) is 3.22. The lowest BCUT2D eigenvalue weighted by atomic mass is 10.2. The van der Waals surface area contributed by atoms with Crippen molar-refractivity contribution >= 4 is 16.9 Å². The van der Waals surface area contributed by atoms with E-state index in [0.29, 0.717) is 22.4 Å². The molecular weight excluding hydrogens is 336 g/mol. The molecule has 0 amide bonds. The van der Waals surface area contributed by atoms with Gasteiger partial charge in [-0.05, 0) is 24.0 Å². The molecule has 1 aliphatic rings. The summed E-state index contributed by atoms with van der Waals surface area (Å²) in [5, 5.41) is 24.3. The van der Waals surface area contributed by atoms with Crippen molar-refractivity contribution in [3.8, 4) is 11.8 Å². The molecule has 4 heterocycles. The van der Waals surface area contributed by atoms with Crippen LogP contribution in [0.2, 0.25) is 0 Å². The third-order valence-electron chi connectivity index (χ3n) is 4.15. The van der Waals surface area contributed by atoms with Crippen LogP contribution in [-0.2, 0) is 4.74 Å². The molecule has 3 aromatic heterocycles. The van der Waals surface area contributed by atoms with Gasteiger partial charge in [-0.15, -0.1) is 0 Å². The van der Waals surface area contributed by atoms with Crippen LogP contribution < -0.4 is 5.73 Å². The minimum atomic E-state index is -0.786. The van der Waals surface area contributed by atoms with Gasteiger partial charge in [-0.3, -0.25) is 0 Å². The second-order valence-electron chi connectivity index (χ2n) is 5.83. The molecule has 0 aromatic carbocycles. The molecule has 0 unspecified atom stereocenters. The van der Waals surface area contributed by atoms with E-state index in [9.17, 15) is 10.2 Å². The van der Waals surface area contributed by atoms with Gasteiger partial charge in [0.25, 0.3) is 0 Å². The first-order chi connectivity index (χ1) is 12.7. The number of aliphatic hydroxyl groups excluding tert-OH is 2. The number of nitrogens with two attached hydrogens (primary N) is 1. The zero-order chi connectivity index (χ0) is 18.1. The number of nitrogens with zero attached hydrogens (tertiary/aromatic N) is 5. The molecular formula is C17H16N6O3. The van der Waals surface area contributed by atoms with Gasteiger partial charge in [-0.1, -0.05) is 6.07 Å². The summed E-state index contributed by atoms with van der Waals surface area (Å²) < 4.78 is 7.19. The van der Waals surface area contributed by atoms with E-state index < -0.39 is 18.4 Å². The largest absolute Gasteiger partial charge is 0.394 e. The van der Waals surface area contributed by atoms with Crippen molar-refractivity contribution in [1.29, 1.82) is 0 Å². The van der Waals surface area contributed by atoms with Gasteiger partial charge in [-0.25, -0.2) is 19.6 Å². The quantitative estimate of drug-likeness (QED) is 0.542. The molecule has 3 atom stereocenters. The van der Waals surface area contributed by atoms with E-state index in [2.05, 4.69) is 31.9 Å². The Kier molecular flexibility index (Phi) is 4.22. The van der Waals surface area contributed by atoms with E-state index in [1.54, 1.807) is 18.3 Å². The van der Waals surface area contributed by atoms with Crippen molar-refractivity contribution in [2.75, 3.05) is 12.3 Å². The average molecular weight is 352 g/mol. The highest BCUT2D eigenvalue weighted by Gasteiger charge is 2.36. The summed E-state index contributed by atoms with van der Waals surface area (Å²) in [5.74, 6) is 6.14. The van der Waals surface area contributed by atoms with Crippen LogP contribution in [0.4, 0.5) is 5.82 Å². The molecule has 1 saturated heterocycles. The lowest BCUT2D eigenvalue weighted by Crippen LogP contribution is -2.24. The highest BCUT2D eigenvalue weighted by molar-refractivity contribution is 5.90. The molecule has 9 heteroatoms. The summed E-state index contributed by atoms with van der Waals surface area (Å²) in [6.45, 7) is -0.277. The first-order valence-electron chi connectivity index (χ1n) is 8.03. The molecule has 4 N–H and O–H groups in total. The van der Waals surface area contributed by atoms with Crippen LogP contribution in [0.1, 0.15) is 24.0 Å². The number of aliphatic hydroxyl groups is 2. The molecule has 1 fully saturated rings. The van der Waals surface area contributed by atoms with Crippen LogP contribution >= 0.6 is 0 Å². The first kappa shape index (κ1) is 16.4. The lowest BCUT2D eigenvalue weighted by Gasteiger charge is -2.12. The number of nitrogen functional groups attached to an aromatic ring is 1. The van der Waals surface area contributed by atoms with Gasteiger partial charge in [0.15, 0.2) is 11.9 Å². The number of hydrogen-bond donors (Lipinski definition) is 3. The molecule has 9 nitrogen and oxygen atoms in total. The van der Waals surface area contributed by atoms with Crippen molar-refractivity contribution in [3.63, 3.8) is 0 Å². The van der Waals surface area contributed by atoms with E-state index >= 15 is 0 Å². The van der Waals surface area contributed by atoms with Gasteiger partial charge >= 0.3 is 0 Å². The predicted molar refractivity (Wildman–Crippen MR) is 91.6 cm³/mol. The fourth-order valence-electron chi connectivity index (χ4n) is 2.87. The summed E-state index contributed by atoms with van der Waals surface area (Å²) in [6, 6.07) is 5.43. The molecule has 0 bridgehead atoms. The summed E-state index contributed by atoms with van der Waals surface area (Å²) in [7, 11) is 0. The summed E-state index contributed by atoms with van der Waals surface area (Å²) >= 11 is 0. The van der Waals surface area contributed by atoms with Crippen LogP contribution in [0.25, 0.3) is 11.0 Å². The number of ether oxygens (including phenoxy) is 1.